The molecule has 1 nitrogen and oxygen atoms in total. The van der Waals surface area contributed by atoms with Crippen molar-refractivity contribution < 1.29 is 0 Å². The zero-order valence-corrected chi connectivity index (χ0v) is 6.93. The SMILES string of the molecule is C=CC(C)NC(C)C1CC1. The molecule has 0 aromatic carbocycles. The molecule has 0 saturated heterocycles. The quantitative estimate of drug-likeness (QED) is 0.587. The fraction of sp³-hybridized carbons (Fsp3) is 0.778. The summed E-state index contributed by atoms with van der Waals surface area (Å²) < 4.78 is 0. The lowest BCUT2D eigenvalue weighted by Gasteiger charge is -2.15. The zero-order chi connectivity index (χ0) is 7.56. The van der Waals surface area contributed by atoms with Crippen molar-refractivity contribution in [1.82, 2.24) is 5.32 Å². The summed E-state index contributed by atoms with van der Waals surface area (Å²) in [6.07, 6.45) is 4.79. The second kappa shape index (κ2) is 3.20. The third-order valence-corrected chi connectivity index (χ3v) is 2.21. The Morgan fingerprint density at radius 1 is 1.50 bits per heavy atom. The highest BCUT2D eigenvalue weighted by Crippen LogP contribution is 2.32. The van der Waals surface area contributed by atoms with Crippen molar-refractivity contribution in [3.05, 3.63) is 12.7 Å². The van der Waals surface area contributed by atoms with E-state index in [2.05, 4.69) is 25.7 Å². The van der Waals surface area contributed by atoms with Crippen LogP contribution < -0.4 is 5.32 Å². The summed E-state index contributed by atoms with van der Waals surface area (Å²) in [6.45, 7) is 8.14. The Bertz CT molecular complexity index is 116. The maximum absolute atomic E-state index is 3.73. The molecule has 2 unspecified atom stereocenters. The first-order valence-electron chi connectivity index (χ1n) is 4.12. The molecule has 0 spiro atoms. The van der Waals surface area contributed by atoms with Crippen LogP contribution in [0.3, 0.4) is 0 Å². The maximum Gasteiger partial charge on any atom is 0.0221 e. The summed E-state index contributed by atoms with van der Waals surface area (Å²) in [4.78, 5) is 0. The van der Waals surface area contributed by atoms with E-state index in [0.29, 0.717) is 12.1 Å². The molecule has 0 aromatic rings. The minimum atomic E-state index is 0.468. The summed E-state index contributed by atoms with van der Waals surface area (Å²) in [6, 6.07) is 1.16. The fourth-order valence-corrected chi connectivity index (χ4v) is 1.22. The van der Waals surface area contributed by atoms with Crippen LogP contribution in [0.15, 0.2) is 12.7 Å². The van der Waals surface area contributed by atoms with Crippen molar-refractivity contribution in [3.63, 3.8) is 0 Å². The van der Waals surface area contributed by atoms with Gasteiger partial charge in [0.05, 0.1) is 0 Å². The van der Waals surface area contributed by atoms with Gasteiger partial charge in [0.15, 0.2) is 0 Å². The molecule has 0 bridgehead atoms. The highest BCUT2D eigenvalue weighted by atomic mass is 14.9. The van der Waals surface area contributed by atoms with E-state index in [0.717, 1.165) is 5.92 Å². The van der Waals surface area contributed by atoms with Crippen molar-refractivity contribution in [2.75, 3.05) is 0 Å². The second-order valence-corrected chi connectivity index (χ2v) is 3.32. The van der Waals surface area contributed by atoms with E-state index in [4.69, 9.17) is 0 Å². The van der Waals surface area contributed by atoms with Gasteiger partial charge in [-0.05, 0) is 32.6 Å². The standard InChI is InChI=1S/C9H17N/c1-4-7(2)10-8(3)9-5-6-9/h4,7-10H,1,5-6H2,2-3H3. The van der Waals surface area contributed by atoms with Crippen LogP contribution in [0, 0.1) is 5.92 Å². The average molecular weight is 139 g/mol. The molecule has 1 aliphatic carbocycles. The van der Waals surface area contributed by atoms with Gasteiger partial charge in [0.1, 0.15) is 0 Å². The summed E-state index contributed by atoms with van der Waals surface area (Å²) >= 11 is 0. The van der Waals surface area contributed by atoms with E-state index in [1.54, 1.807) is 0 Å². The third kappa shape index (κ3) is 2.14. The summed E-state index contributed by atoms with van der Waals surface area (Å²) in [5, 5.41) is 3.47. The number of rotatable bonds is 4. The smallest absolute Gasteiger partial charge is 0.0221 e. The first-order chi connectivity index (χ1) is 4.74. The molecule has 10 heavy (non-hydrogen) atoms. The molecule has 1 N–H and O–H groups in total. The molecule has 0 amide bonds. The van der Waals surface area contributed by atoms with Gasteiger partial charge >= 0.3 is 0 Å². The van der Waals surface area contributed by atoms with Crippen LogP contribution in [-0.2, 0) is 0 Å². The number of hydrogen-bond donors (Lipinski definition) is 1. The Hall–Kier alpha value is -0.300. The van der Waals surface area contributed by atoms with Crippen LogP contribution in [0.2, 0.25) is 0 Å². The van der Waals surface area contributed by atoms with E-state index in [1.165, 1.54) is 12.8 Å². The predicted octanol–water partition coefficient (Wildman–Crippen LogP) is 1.95. The van der Waals surface area contributed by atoms with Crippen LogP contribution >= 0.6 is 0 Å². The molecule has 0 heterocycles. The first-order valence-corrected chi connectivity index (χ1v) is 4.12. The zero-order valence-electron chi connectivity index (χ0n) is 6.93. The normalized spacial score (nSPS) is 23.8. The van der Waals surface area contributed by atoms with Crippen LogP contribution in [0.1, 0.15) is 26.7 Å². The van der Waals surface area contributed by atoms with Gasteiger partial charge in [-0.25, -0.2) is 0 Å². The van der Waals surface area contributed by atoms with E-state index in [-0.39, 0.29) is 0 Å². The molecule has 1 heteroatoms. The number of hydrogen-bond acceptors (Lipinski definition) is 1. The maximum atomic E-state index is 3.73. The molecular weight excluding hydrogens is 122 g/mol. The van der Waals surface area contributed by atoms with Gasteiger partial charge in [-0.15, -0.1) is 6.58 Å². The van der Waals surface area contributed by atoms with Crippen LogP contribution in [0.4, 0.5) is 0 Å². The van der Waals surface area contributed by atoms with Crippen LogP contribution in [0.5, 0.6) is 0 Å². The molecule has 0 radical (unpaired) electrons. The highest BCUT2D eigenvalue weighted by Gasteiger charge is 2.27. The van der Waals surface area contributed by atoms with E-state index >= 15 is 0 Å². The molecule has 58 valence electrons. The summed E-state index contributed by atoms with van der Waals surface area (Å²) in [7, 11) is 0. The van der Waals surface area contributed by atoms with Crippen molar-refractivity contribution in [2.45, 2.75) is 38.8 Å². The molecule has 0 aliphatic heterocycles. The molecular formula is C9H17N. The Balaban J connectivity index is 2.15. The Morgan fingerprint density at radius 2 is 2.10 bits per heavy atom. The summed E-state index contributed by atoms with van der Waals surface area (Å²) in [5.41, 5.74) is 0. The molecule has 1 saturated carbocycles. The third-order valence-electron chi connectivity index (χ3n) is 2.21. The topological polar surface area (TPSA) is 12.0 Å². The van der Waals surface area contributed by atoms with Crippen LogP contribution in [-0.4, -0.2) is 12.1 Å². The van der Waals surface area contributed by atoms with Gasteiger partial charge in [0, 0.05) is 12.1 Å². The average Bonchev–Trinajstić information content (AvgIpc) is 2.68. The largest absolute Gasteiger partial charge is 0.308 e. The molecule has 2 atom stereocenters. The minimum absolute atomic E-state index is 0.468. The Labute approximate surface area is 63.5 Å². The van der Waals surface area contributed by atoms with Gasteiger partial charge in [0.2, 0.25) is 0 Å². The Morgan fingerprint density at radius 3 is 2.50 bits per heavy atom. The predicted molar refractivity (Wildman–Crippen MR) is 45.0 cm³/mol. The van der Waals surface area contributed by atoms with Crippen molar-refractivity contribution in [3.8, 4) is 0 Å². The van der Waals surface area contributed by atoms with Crippen LogP contribution in [0.25, 0.3) is 0 Å². The first kappa shape index (κ1) is 7.80. The molecule has 0 aromatic heterocycles. The molecule has 1 aliphatic rings. The lowest BCUT2D eigenvalue weighted by Crippen LogP contribution is -2.34. The van der Waals surface area contributed by atoms with Crippen molar-refractivity contribution in [2.24, 2.45) is 5.92 Å². The van der Waals surface area contributed by atoms with Crippen molar-refractivity contribution >= 4 is 0 Å². The molecule has 1 rings (SSSR count). The van der Waals surface area contributed by atoms with E-state index in [9.17, 15) is 0 Å². The minimum Gasteiger partial charge on any atom is -0.308 e. The lowest BCUT2D eigenvalue weighted by atomic mass is 10.2. The monoisotopic (exact) mass is 139 g/mol. The highest BCUT2D eigenvalue weighted by molar-refractivity contribution is 4.89. The summed E-state index contributed by atoms with van der Waals surface area (Å²) in [5.74, 6) is 0.947. The van der Waals surface area contributed by atoms with Gasteiger partial charge in [-0.1, -0.05) is 6.08 Å². The van der Waals surface area contributed by atoms with Gasteiger partial charge < -0.3 is 5.32 Å². The van der Waals surface area contributed by atoms with Gasteiger partial charge in [0.25, 0.3) is 0 Å². The number of nitrogens with one attached hydrogen (secondary N) is 1. The van der Waals surface area contributed by atoms with E-state index < -0.39 is 0 Å². The second-order valence-electron chi connectivity index (χ2n) is 3.32. The van der Waals surface area contributed by atoms with Gasteiger partial charge in [-0.3, -0.25) is 0 Å². The molecule has 1 fully saturated rings. The van der Waals surface area contributed by atoms with E-state index in [1.807, 2.05) is 6.08 Å². The lowest BCUT2D eigenvalue weighted by molar-refractivity contribution is 0.472. The van der Waals surface area contributed by atoms with Gasteiger partial charge in [-0.2, -0.15) is 0 Å². The van der Waals surface area contributed by atoms with Crippen molar-refractivity contribution in [1.29, 1.82) is 0 Å². The Kier molecular flexibility index (Phi) is 2.50. The fourth-order valence-electron chi connectivity index (χ4n) is 1.22.